The Hall–Kier alpha value is -1.33. The van der Waals surface area contributed by atoms with Gasteiger partial charge in [-0.15, -0.1) is 0 Å². The monoisotopic (exact) mass is 228 g/mol. The van der Waals surface area contributed by atoms with Crippen molar-refractivity contribution in [3.8, 4) is 6.07 Å². The van der Waals surface area contributed by atoms with E-state index in [1.165, 1.54) is 17.5 Å². The number of hydrogen-bond acceptors (Lipinski definition) is 2. The topological polar surface area (TPSA) is 27.0 Å². The fourth-order valence-electron chi connectivity index (χ4n) is 2.86. The Morgan fingerprint density at radius 2 is 1.82 bits per heavy atom. The van der Waals surface area contributed by atoms with Gasteiger partial charge in [0.25, 0.3) is 0 Å². The molecule has 1 saturated carbocycles. The maximum absolute atomic E-state index is 9.50. The summed E-state index contributed by atoms with van der Waals surface area (Å²) in [7, 11) is 4.14. The first-order valence-corrected chi connectivity index (χ1v) is 6.23. The van der Waals surface area contributed by atoms with Gasteiger partial charge in [0.15, 0.2) is 0 Å². The van der Waals surface area contributed by atoms with Crippen LogP contribution in [0.3, 0.4) is 0 Å². The third-order valence-electron chi connectivity index (χ3n) is 3.90. The average molecular weight is 228 g/mol. The van der Waals surface area contributed by atoms with Gasteiger partial charge in [0.05, 0.1) is 17.5 Å². The van der Waals surface area contributed by atoms with E-state index in [2.05, 4.69) is 56.3 Å². The van der Waals surface area contributed by atoms with Crippen LogP contribution in [-0.2, 0) is 0 Å². The summed E-state index contributed by atoms with van der Waals surface area (Å²) in [5, 5.41) is 9.50. The summed E-state index contributed by atoms with van der Waals surface area (Å²) in [6.07, 6.45) is 3.24. The molecule has 0 aromatic heterocycles. The molecular weight excluding hydrogens is 208 g/mol. The first kappa shape index (κ1) is 12.1. The van der Waals surface area contributed by atoms with Gasteiger partial charge < -0.3 is 4.90 Å². The first-order valence-electron chi connectivity index (χ1n) is 6.23. The van der Waals surface area contributed by atoms with E-state index in [1.54, 1.807) is 0 Å². The minimum absolute atomic E-state index is 0.168. The van der Waals surface area contributed by atoms with Crippen molar-refractivity contribution in [1.82, 2.24) is 4.90 Å². The second-order valence-electron chi connectivity index (χ2n) is 5.40. The summed E-state index contributed by atoms with van der Waals surface area (Å²) in [5.41, 5.74) is 2.37. The van der Waals surface area contributed by atoms with Crippen LogP contribution >= 0.6 is 0 Å². The van der Waals surface area contributed by atoms with Crippen LogP contribution in [0.5, 0.6) is 0 Å². The normalized spacial score (nSPS) is 19.5. The van der Waals surface area contributed by atoms with Crippen molar-refractivity contribution < 1.29 is 0 Å². The third kappa shape index (κ3) is 2.08. The Morgan fingerprint density at radius 3 is 2.18 bits per heavy atom. The molecule has 2 heteroatoms. The summed E-state index contributed by atoms with van der Waals surface area (Å²) < 4.78 is 0. The van der Waals surface area contributed by atoms with Crippen LogP contribution in [0.1, 0.15) is 36.4 Å². The van der Waals surface area contributed by atoms with E-state index in [-0.39, 0.29) is 11.5 Å². The second-order valence-corrected chi connectivity index (χ2v) is 5.40. The SMILES string of the molecule is Cc1ccc(C(N(C)C)C2(C#N)CCC2)cc1. The molecule has 0 saturated heterocycles. The predicted molar refractivity (Wildman–Crippen MR) is 69.5 cm³/mol. The zero-order valence-electron chi connectivity index (χ0n) is 10.9. The molecule has 0 amide bonds. The van der Waals surface area contributed by atoms with Gasteiger partial charge in [0.2, 0.25) is 0 Å². The Morgan fingerprint density at radius 1 is 1.24 bits per heavy atom. The zero-order valence-corrected chi connectivity index (χ0v) is 10.9. The van der Waals surface area contributed by atoms with Crippen LogP contribution in [-0.4, -0.2) is 19.0 Å². The molecule has 1 unspecified atom stereocenters. The maximum atomic E-state index is 9.50. The minimum Gasteiger partial charge on any atom is -0.301 e. The lowest BCUT2D eigenvalue weighted by atomic mass is 9.63. The van der Waals surface area contributed by atoms with Crippen LogP contribution in [0.25, 0.3) is 0 Å². The molecule has 0 N–H and O–H groups in total. The molecule has 0 spiro atoms. The molecule has 0 aliphatic heterocycles. The smallest absolute Gasteiger partial charge is 0.0770 e. The van der Waals surface area contributed by atoms with Crippen LogP contribution < -0.4 is 0 Å². The van der Waals surface area contributed by atoms with Crippen molar-refractivity contribution in [3.05, 3.63) is 35.4 Å². The lowest BCUT2D eigenvalue weighted by Gasteiger charge is -2.45. The van der Waals surface area contributed by atoms with Crippen LogP contribution in [0.4, 0.5) is 0 Å². The molecule has 0 bridgehead atoms. The van der Waals surface area contributed by atoms with Gasteiger partial charge in [-0.05, 0) is 39.4 Å². The number of rotatable bonds is 3. The molecule has 0 heterocycles. The van der Waals surface area contributed by atoms with Crippen molar-refractivity contribution in [2.75, 3.05) is 14.1 Å². The van der Waals surface area contributed by atoms with Gasteiger partial charge in [-0.1, -0.05) is 36.2 Å². The summed E-state index contributed by atoms with van der Waals surface area (Å²) >= 11 is 0. The fraction of sp³-hybridized carbons (Fsp3) is 0.533. The Balaban J connectivity index is 2.36. The van der Waals surface area contributed by atoms with Crippen molar-refractivity contribution in [2.45, 2.75) is 32.2 Å². The molecule has 1 fully saturated rings. The highest BCUT2D eigenvalue weighted by atomic mass is 15.1. The Kier molecular flexibility index (Phi) is 3.22. The molecule has 90 valence electrons. The van der Waals surface area contributed by atoms with Gasteiger partial charge in [-0.25, -0.2) is 0 Å². The van der Waals surface area contributed by atoms with E-state index >= 15 is 0 Å². The average Bonchev–Trinajstić information content (AvgIpc) is 2.24. The molecule has 1 aromatic carbocycles. The lowest BCUT2D eigenvalue weighted by Crippen LogP contribution is -2.41. The standard InChI is InChI=1S/C15H20N2/c1-12-5-7-13(8-6-12)14(17(2)3)15(11-16)9-4-10-15/h5-8,14H,4,9-10H2,1-3H3. The molecule has 2 nitrogen and oxygen atoms in total. The van der Waals surface area contributed by atoms with Crippen molar-refractivity contribution in [3.63, 3.8) is 0 Å². The zero-order chi connectivity index (χ0) is 12.5. The number of nitriles is 1. The van der Waals surface area contributed by atoms with Gasteiger partial charge in [0.1, 0.15) is 0 Å². The summed E-state index contributed by atoms with van der Waals surface area (Å²) in [6, 6.07) is 11.4. The number of aryl methyl sites for hydroxylation is 1. The third-order valence-corrected chi connectivity index (χ3v) is 3.90. The van der Waals surface area contributed by atoms with E-state index in [4.69, 9.17) is 0 Å². The van der Waals surface area contributed by atoms with Crippen molar-refractivity contribution in [1.29, 1.82) is 5.26 Å². The van der Waals surface area contributed by atoms with Crippen LogP contribution in [0.2, 0.25) is 0 Å². The molecular formula is C15H20N2. The maximum Gasteiger partial charge on any atom is 0.0770 e. The quantitative estimate of drug-likeness (QED) is 0.793. The van der Waals surface area contributed by atoms with Gasteiger partial charge in [-0.3, -0.25) is 0 Å². The molecule has 17 heavy (non-hydrogen) atoms. The highest BCUT2D eigenvalue weighted by molar-refractivity contribution is 5.29. The fourth-order valence-corrected chi connectivity index (χ4v) is 2.86. The van der Waals surface area contributed by atoms with Gasteiger partial charge >= 0.3 is 0 Å². The predicted octanol–water partition coefficient (Wildman–Crippen LogP) is 3.29. The van der Waals surface area contributed by atoms with Gasteiger partial charge in [0, 0.05) is 0 Å². The summed E-state index contributed by atoms with van der Waals surface area (Å²) in [5.74, 6) is 0. The number of nitrogens with zero attached hydrogens (tertiary/aromatic N) is 2. The van der Waals surface area contributed by atoms with Gasteiger partial charge in [-0.2, -0.15) is 5.26 Å². The minimum atomic E-state index is -0.168. The van der Waals surface area contributed by atoms with E-state index in [9.17, 15) is 5.26 Å². The molecule has 1 aromatic rings. The highest BCUT2D eigenvalue weighted by Gasteiger charge is 2.46. The summed E-state index contributed by atoms with van der Waals surface area (Å²) in [6.45, 7) is 2.10. The van der Waals surface area contributed by atoms with Crippen molar-refractivity contribution >= 4 is 0 Å². The number of hydrogen-bond donors (Lipinski definition) is 0. The molecule has 0 radical (unpaired) electrons. The van der Waals surface area contributed by atoms with Crippen LogP contribution in [0.15, 0.2) is 24.3 Å². The van der Waals surface area contributed by atoms with E-state index in [0.29, 0.717) is 0 Å². The van der Waals surface area contributed by atoms with Crippen molar-refractivity contribution in [2.24, 2.45) is 5.41 Å². The first-order chi connectivity index (χ1) is 8.09. The van der Waals surface area contributed by atoms with E-state index < -0.39 is 0 Å². The largest absolute Gasteiger partial charge is 0.301 e. The molecule has 2 rings (SSSR count). The molecule has 1 aliphatic carbocycles. The van der Waals surface area contributed by atoms with E-state index in [1.807, 2.05) is 0 Å². The number of benzene rings is 1. The highest BCUT2D eigenvalue weighted by Crippen LogP contribution is 2.51. The lowest BCUT2D eigenvalue weighted by molar-refractivity contribution is 0.0749. The summed E-state index contributed by atoms with van der Waals surface area (Å²) in [4.78, 5) is 2.19. The second kappa shape index (κ2) is 4.50. The Labute approximate surface area is 104 Å². The van der Waals surface area contributed by atoms with E-state index in [0.717, 1.165) is 12.8 Å². The molecule has 1 aliphatic rings. The molecule has 1 atom stereocenters. The Bertz CT molecular complexity index is 421. The van der Waals surface area contributed by atoms with Crippen LogP contribution in [0, 0.1) is 23.7 Å².